The number of aryl methyl sites for hydroxylation is 3. The molecule has 1 atom stereocenters. The first-order valence-electron chi connectivity index (χ1n) is 10.3. The van der Waals surface area contributed by atoms with Gasteiger partial charge in [-0.3, -0.25) is 9.36 Å². The molecule has 2 aromatic heterocycles. The number of pyridine rings is 1. The summed E-state index contributed by atoms with van der Waals surface area (Å²) in [4.78, 5) is 18.3. The van der Waals surface area contributed by atoms with Crippen molar-refractivity contribution in [2.24, 2.45) is 0 Å². The second kappa shape index (κ2) is 8.04. The molecule has 1 aliphatic rings. The molecule has 0 saturated carbocycles. The Hall–Kier alpha value is -2.58. The molecule has 29 heavy (non-hydrogen) atoms. The van der Waals surface area contributed by atoms with E-state index in [0.717, 1.165) is 36.0 Å². The SMILES string of the molecule is CCC(Sc1nc(C)cc(C)c1C#N)C(=O)n1c2c(c3ccccc31)CCCC2. The first-order valence-corrected chi connectivity index (χ1v) is 11.1. The van der Waals surface area contributed by atoms with Crippen molar-refractivity contribution in [2.75, 3.05) is 0 Å². The second-order valence-corrected chi connectivity index (χ2v) is 8.90. The van der Waals surface area contributed by atoms with E-state index < -0.39 is 0 Å². The van der Waals surface area contributed by atoms with Gasteiger partial charge in [0.25, 0.3) is 0 Å². The Morgan fingerprint density at radius 3 is 2.79 bits per heavy atom. The average Bonchev–Trinajstić information content (AvgIpc) is 3.06. The molecule has 3 aromatic rings. The maximum absolute atomic E-state index is 13.7. The van der Waals surface area contributed by atoms with Crippen molar-refractivity contribution in [1.82, 2.24) is 9.55 Å². The highest BCUT2D eigenvalue weighted by Crippen LogP contribution is 2.35. The van der Waals surface area contributed by atoms with Gasteiger partial charge in [0, 0.05) is 16.8 Å². The molecule has 0 spiro atoms. The number of para-hydroxylation sites is 1. The van der Waals surface area contributed by atoms with Crippen LogP contribution in [-0.2, 0) is 12.8 Å². The summed E-state index contributed by atoms with van der Waals surface area (Å²) in [7, 11) is 0. The highest BCUT2D eigenvalue weighted by Gasteiger charge is 2.28. The number of nitrogens with zero attached hydrogens (tertiary/aromatic N) is 3. The monoisotopic (exact) mass is 403 g/mol. The van der Waals surface area contributed by atoms with E-state index in [1.807, 2.05) is 37.5 Å². The van der Waals surface area contributed by atoms with E-state index >= 15 is 0 Å². The van der Waals surface area contributed by atoms with Crippen molar-refractivity contribution in [1.29, 1.82) is 5.26 Å². The molecule has 0 fully saturated rings. The first-order chi connectivity index (χ1) is 14.0. The Balaban J connectivity index is 1.78. The lowest BCUT2D eigenvalue weighted by Gasteiger charge is -2.20. The lowest BCUT2D eigenvalue weighted by molar-refractivity contribution is 0.0910. The van der Waals surface area contributed by atoms with E-state index in [0.29, 0.717) is 17.0 Å². The lowest BCUT2D eigenvalue weighted by atomic mass is 9.95. The van der Waals surface area contributed by atoms with E-state index in [1.165, 1.54) is 34.8 Å². The minimum absolute atomic E-state index is 0.0988. The third-order valence-corrected chi connectivity index (χ3v) is 7.06. The number of nitriles is 1. The topological polar surface area (TPSA) is 58.7 Å². The van der Waals surface area contributed by atoms with Gasteiger partial charge in [-0.1, -0.05) is 36.9 Å². The standard InChI is InChI=1S/C24H25N3OS/c1-4-22(29-23-19(14-25)15(2)13-16(3)26-23)24(28)27-20-11-7-5-9-17(20)18-10-6-8-12-21(18)27/h5,7,9,11,13,22H,4,6,8,10,12H2,1-3H3. The van der Waals surface area contributed by atoms with E-state index in [4.69, 9.17) is 0 Å². The Morgan fingerprint density at radius 2 is 2.03 bits per heavy atom. The Labute approximate surface area is 175 Å². The van der Waals surface area contributed by atoms with Gasteiger partial charge in [0.1, 0.15) is 11.1 Å². The van der Waals surface area contributed by atoms with Crippen LogP contribution in [0.5, 0.6) is 0 Å². The number of benzene rings is 1. The van der Waals surface area contributed by atoms with E-state index in [-0.39, 0.29) is 11.2 Å². The van der Waals surface area contributed by atoms with Crippen LogP contribution in [0.15, 0.2) is 35.4 Å². The molecule has 4 nitrogen and oxygen atoms in total. The van der Waals surface area contributed by atoms with Crippen LogP contribution in [0.3, 0.4) is 0 Å². The summed E-state index contributed by atoms with van der Waals surface area (Å²) in [5.41, 5.74) is 5.88. The van der Waals surface area contributed by atoms with Crippen LogP contribution in [0.2, 0.25) is 0 Å². The highest BCUT2D eigenvalue weighted by atomic mass is 32.2. The number of rotatable bonds is 4. The molecular formula is C24H25N3OS. The van der Waals surface area contributed by atoms with Crippen molar-refractivity contribution in [3.8, 4) is 6.07 Å². The largest absolute Gasteiger partial charge is 0.283 e. The molecule has 1 aliphatic carbocycles. The van der Waals surface area contributed by atoms with Crippen molar-refractivity contribution >= 4 is 28.6 Å². The van der Waals surface area contributed by atoms with Crippen LogP contribution in [0, 0.1) is 25.2 Å². The molecular weight excluding hydrogens is 378 g/mol. The first kappa shape index (κ1) is 19.7. The molecule has 5 heteroatoms. The van der Waals surface area contributed by atoms with E-state index in [9.17, 15) is 10.1 Å². The molecule has 2 heterocycles. The van der Waals surface area contributed by atoms with Gasteiger partial charge in [0.05, 0.1) is 16.3 Å². The summed E-state index contributed by atoms with van der Waals surface area (Å²) in [6.07, 6.45) is 4.97. The Bertz CT molecular complexity index is 1140. The fraction of sp³-hybridized carbons (Fsp3) is 0.375. The van der Waals surface area contributed by atoms with E-state index in [1.54, 1.807) is 0 Å². The average molecular weight is 404 g/mol. The zero-order chi connectivity index (χ0) is 20.5. The Morgan fingerprint density at radius 1 is 1.28 bits per heavy atom. The molecule has 1 aromatic carbocycles. The van der Waals surface area contributed by atoms with Crippen LogP contribution in [0.25, 0.3) is 10.9 Å². The van der Waals surface area contributed by atoms with Crippen LogP contribution in [-0.4, -0.2) is 20.7 Å². The van der Waals surface area contributed by atoms with Crippen molar-refractivity contribution in [3.05, 3.63) is 58.4 Å². The summed E-state index contributed by atoms with van der Waals surface area (Å²) >= 11 is 1.43. The van der Waals surface area contributed by atoms with E-state index in [2.05, 4.69) is 29.3 Å². The van der Waals surface area contributed by atoms with Crippen LogP contribution < -0.4 is 0 Å². The molecule has 1 unspecified atom stereocenters. The summed E-state index contributed by atoms with van der Waals surface area (Å²) in [6.45, 7) is 5.88. The minimum atomic E-state index is -0.280. The fourth-order valence-electron chi connectivity index (χ4n) is 4.36. The number of thioether (sulfide) groups is 1. The van der Waals surface area contributed by atoms with Crippen molar-refractivity contribution in [2.45, 2.75) is 63.2 Å². The molecule has 0 aliphatic heterocycles. The number of hydrogen-bond acceptors (Lipinski definition) is 4. The summed E-state index contributed by atoms with van der Waals surface area (Å²) in [5.74, 6) is 0.0988. The van der Waals surface area contributed by atoms with Crippen LogP contribution in [0.1, 0.15) is 59.1 Å². The van der Waals surface area contributed by atoms with Gasteiger partial charge >= 0.3 is 0 Å². The quantitative estimate of drug-likeness (QED) is 0.531. The fourth-order valence-corrected chi connectivity index (χ4v) is 5.52. The molecule has 0 radical (unpaired) electrons. The number of carbonyl (C=O) groups excluding carboxylic acids is 1. The predicted octanol–water partition coefficient (Wildman–Crippen LogP) is 5.61. The van der Waals surface area contributed by atoms with Crippen LogP contribution in [0.4, 0.5) is 0 Å². The third-order valence-electron chi connectivity index (χ3n) is 5.72. The van der Waals surface area contributed by atoms with Gasteiger partial charge in [0.15, 0.2) is 0 Å². The number of carbonyl (C=O) groups is 1. The molecule has 148 valence electrons. The van der Waals surface area contributed by atoms with Gasteiger partial charge in [-0.25, -0.2) is 4.98 Å². The minimum Gasteiger partial charge on any atom is -0.283 e. The van der Waals surface area contributed by atoms with Crippen molar-refractivity contribution in [3.63, 3.8) is 0 Å². The van der Waals surface area contributed by atoms with Crippen molar-refractivity contribution < 1.29 is 4.79 Å². The van der Waals surface area contributed by atoms with Gasteiger partial charge in [-0.05, 0) is 69.2 Å². The molecule has 4 rings (SSSR count). The third kappa shape index (κ3) is 3.47. The number of aromatic nitrogens is 2. The summed E-state index contributed by atoms with van der Waals surface area (Å²) in [6, 6.07) is 12.4. The number of hydrogen-bond donors (Lipinski definition) is 0. The van der Waals surface area contributed by atoms with Gasteiger partial charge in [0.2, 0.25) is 5.91 Å². The normalized spacial score (nSPS) is 14.4. The zero-order valence-electron chi connectivity index (χ0n) is 17.2. The van der Waals surface area contributed by atoms with Gasteiger partial charge < -0.3 is 0 Å². The molecule has 0 N–H and O–H groups in total. The molecule has 0 saturated heterocycles. The zero-order valence-corrected chi connectivity index (χ0v) is 18.0. The highest BCUT2D eigenvalue weighted by molar-refractivity contribution is 8.00. The molecule has 0 bridgehead atoms. The summed E-state index contributed by atoms with van der Waals surface area (Å²) in [5, 5.41) is 11.2. The second-order valence-electron chi connectivity index (χ2n) is 7.71. The smallest absolute Gasteiger partial charge is 0.244 e. The van der Waals surface area contributed by atoms with Crippen LogP contribution >= 0.6 is 11.8 Å². The maximum atomic E-state index is 13.7. The molecule has 0 amide bonds. The van der Waals surface area contributed by atoms with Gasteiger partial charge in [-0.15, -0.1) is 0 Å². The predicted molar refractivity (Wildman–Crippen MR) is 118 cm³/mol. The van der Waals surface area contributed by atoms with Gasteiger partial charge in [-0.2, -0.15) is 5.26 Å². The number of fused-ring (bicyclic) bond motifs is 3. The Kier molecular flexibility index (Phi) is 5.47. The summed E-state index contributed by atoms with van der Waals surface area (Å²) < 4.78 is 1.96. The lowest BCUT2D eigenvalue weighted by Crippen LogP contribution is -2.26. The maximum Gasteiger partial charge on any atom is 0.244 e.